The molecule has 0 aliphatic heterocycles. The second kappa shape index (κ2) is 4.52. The minimum atomic E-state index is -2.56. The average Bonchev–Trinajstić information content (AvgIpc) is 1.84. The smallest absolute Gasteiger partial charge is 0.426 e. The fraction of sp³-hybridized carbons (Fsp3) is 0.714. The summed E-state index contributed by atoms with van der Waals surface area (Å²) in [7, 11) is -2.56. The van der Waals surface area contributed by atoms with Crippen LogP contribution in [0.2, 0.25) is 12.6 Å². The first-order chi connectivity index (χ1) is 4.62. The van der Waals surface area contributed by atoms with Gasteiger partial charge in [0.15, 0.2) is 0 Å². The van der Waals surface area contributed by atoms with Gasteiger partial charge in [-0.1, -0.05) is 19.4 Å². The maximum absolute atomic E-state index is 11.3. The van der Waals surface area contributed by atoms with Crippen LogP contribution in [-0.2, 0) is 9.22 Å². The van der Waals surface area contributed by atoms with Gasteiger partial charge in [0.25, 0.3) is 0 Å². The third kappa shape index (κ3) is 4.58. The van der Waals surface area contributed by atoms with Gasteiger partial charge in [0.05, 0.1) is 6.26 Å². The molecule has 59 valence electrons. The molecule has 0 aromatic carbocycles. The summed E-state index contributed by atoms with van der Waals surface area (Å²) in [6.07, 6.45) is 4.18. The Morgan fingerprint density at radius 1 is 1.60 bits per heavy atom. The zero-order chi connectivity index (χ0) is 8.04. The highest BCUT2D eigenvalue weighted by molar-refractivity contribution is 6.64. The van der Waals surface area contributed by atoms with Crippen LogP contribution in [-0.4, -0.2) is 8.56 Å². The van der Waals surface area contributed by atoms with E-state index in [1.54, 1.807) is 12.6 Å². The summed E-state index contributed by atoms with van der Waals surface area (Å²) in [6, 6.07) is 0.692. The Bertz CT molecular complexity index is 110. The van der Waals surface area contributed by atoms with Gasteiger partial charge in [-0.15, -0.1) is 0 Å². The van der Waals surface area contributed by atoms with Crippen molar-refractivity contribution in [1.82, 2.24) is 0 Å². The Balaban J connectivity index is 3.62. The van der Waals surface area contributed by atoms with Crippen LogP contribution in [0.3, 0.4) is 0 Å². The number of allylic oxidation sites excluding steroid dienone is 1. The van der Waals surface area contributed by atoms with E-state index in [0.29, 0.717) is 6.04 Å². The van der Waals surface area contributed by atoms with E-state index in [1.165, 1.54) is 6.26 Å². The molecule has 0 fully saturated rings. The van der Waals surface area contributed by atoms with Crippen LogP contribution in [0.4, 0.5) is 0 Å². The normalized spacial score (nSPS) is 17.2. The van der Waals surface area contributed by atoms with Crippen LogP contribution in [0.1, 0.15) is 20.3 Å². The summed E-state index contributed by atoms with van der Waals surface area (Å²) in [5, 5.41) is 0. The molecule has 0 aromatic rings. The lowest BCUT2D eigenvalue weighted by Gasteiger charge is -2.14. The van der Waals surface area contributed by atoms with Gasteiger partial charge < -0.3 is 4.43 Å². The predicted molar refractivity (Wildman–Crippen MR) is 43.3 cm³/mol. The molecule has 10 heavy (non-hydrogen) atoms. The van der Waals surface area contributed by atoms with Crippen LogP contribution in [0, 0.1) is 0 Å². The van der Waals surface area contributed by atoms with Crippen LogP contribution in [0.25, 0.3) is 0 Å². The van der Waals surface area contributed by atoms with E-state index in [9.17, 15) is 4.80 Å². The van der Waals surface area contributed by atoms with E-state index in [0.717, 1.165) is 6.42 Å². The lowest BCUT2D eigenvalue weighted by Crippen LogP contribution is -2.30. The summed E-state index contributed by atoms with van der Waals surface area (Å²) in [5.74, 6) is 0. The van der Waals surface area contributed by atoms with Crippen LogP contribution >= 0.6 is 0 Å². The highest BCUT2D eigenvalue weighted by Crippen LogP contribution is 2.10. The van der Waals surface area contributed by atoms with Gasteiger partial charge in [0.1, 0.15) is 0 Å². The van der Waals surface area contributed by atoms with Crippen molar-refractivity contribution in [1.29, 1.82) is 0 Å². The topological polar surface area (TPSA) is 29.1 Å². The quantitative estimate of drug-likeness (QED) is 0.457. The van der Waals surface area contributed by atoms with Gasteiger partial charge in [0, 0.05) is 6.04 Å². The molecule has 1 radical (unpaired) electrons. The minimum absolute atomic E-state index is 0.692. The van der Waals surface area contributed by atoms with Crippen LogP contribution in [0.15, 0.2) is 12.3 Å². The largest absolute Gasteiger partial charge is 0.526 e. The fourth-order valence-corrected chi connectivity index (χ4v) is 2.18. The Morgan fingerprint density at radius 3 is 2.60 bits per heavy atom. The van der Waals surface area contributed by atoms with Gasteiger partial charge in [-0.2, -0.15) is 0 Å². The molecular formula is C7H15O2Si. The van der Waals surface area contributed by atoms with Crippen LogP contribution in [0.5, 0.6) is 0 Å². The first-order valence-electron chi connectivity index (χ1n) is 3.62. The molecule has 1 unspecified atom stereocenters. The van der Waals surface area contributed by atoms with Gasteiger partial charge in [0.2, 0.25) is 0 Å². The predicted octanol–water partition coefficient (Wildman–Crippen LogP) is 2.45. The molecule has 2 nitrogen and oxygen atoms in total. The second-order valence-corrected chi connectivity index (χ2v) is 5.47. The van der Waals surface area contributed by atoms with Crippen molar-refractivity contribution >= 4 is 8.56 Å². The van der Waals surface area contributed by atoms with E-state index in [1.807, 2.05) is 13.8 Å². The molecule has 3 heteroatoms. The zero-order valence-electron chi connectivity index (χ0n) is 6.89. The number of hydrogen-bond acceptors (Lipinski definition) is 1. The number of rotatable bonds is 4. The fourth-order valence-electron chi connectivity index (χ4n) is 0.725. The molecule has 0 saturated carbocycles. The van der Waals surface area contributed by atoms with E-state index in [-0.39, 0.29) is 0 Å². The van der Waals surface area contributed by atoms with E-state index < -0.39 is 8.56 Å². The summed E-state index contributed by atoms with van der Waals surface area (Å²) in [6.45, 7) is 5.54. The van der Waals surface area contributed by atoms with Crippen molar-refractivity contribution < 1.29 is 9.22 Å². The molecule has 0 aliphatic carbocycles. The number of hydrogen-bond donors (Lipinski definition) is 0. The van der Waals surface area contributed by atoms with Crippen LogP contribution < -0.4 is 0 Å². The molecule has 1 atom stereocenters. The lowest BCUT2D eigenvalue weighted by molar-refractivity contribution is 0.278. The molecule has 0 amide bonds. The Morgan fingerprint density at radius 2 is 2.20 bits per heavy atom. The molecule has 0 aromatic heterocycles. The van der Waals surface area contributed by atoms with E-state index in [2.05, 4.69) is 0 Å². The molecule has 0 aliphatic rings. The summed E-state index contributed by atoms with van der Waals surface area (Å²) >= 11 is 0. The summed E-state index contributed by atoms with van der Waals surface area (Å²) in [5.41, 5.74) is 0. The van der Waals surface area contributed by atoms with Gasteiger partial charge in [-0.25, -0.2) is 4.80 Å². The molecule has 0 spiro atoms. The van der Waals surface area contributed by atoms with Crippen molar-refractivity contribution in [2.45, 2.75) is 32.9 Å². The maximum Gasteiger partial charge on any atom is 0.426 e. The minimum Gasteiger partial charge on any atom is -0.526 e. The summed E-state index contributed by atoms with van der Waals surface area (Å²) < 4.78 is 5.02. The van der Waals surface area contributed by atoms with E-state index >= 15 is 0 Å². The SMILES string of the molecule is CC=CO[Si](C)([O])CCC. The standard InChI is InChI=1S/C7H15O2Si/c1-4-6-9-10(3,8)7-5-2/h4,6H,5,7H2,1-3H3. The molecule has 0 heterocycles. The van der Waals surface area contributed by atoms with Gasteiger partial charge in [-0.05, 0) is 13.5 Å². The molecule has 0 bridgehead atoms. The third-order valence-corrected chi connectivity index (χ3v) is 3.20. The van der Waals surface area contributed by atoms with Crippen molar-refractivity contribution in [2.75, 3.05) is 0 Å². The highest BCUT2D eigenvalue weighted by Gasteiger charge is 2.28. The van der Waals surface area contributed by atoms with Crippen molar-refractivity contribution in [3.63, 3.8) is 0 Å². The van der Waals surface area contributed by atoms with Gasteiger partial charge in [-0.3, -0.25) is 0 Å². The molecule has 0 N–H and O–H groups in total. The lowest BCUT2D eigenvalue weighted by atomic mass is 10.6. The summed E-state index contributed by atoms with van der Waals surface area (Å²) in [4.78, 5) is 11.3. The maximum atomic E-state index is 11.3. The monoisotopic (exact) mass is 159 g/mol. The van der Waals surface area contributed by atoms with Gasteiger partial charge >= 0.3 is 8.56 Å². The average molecular weight is 159 g/mol. The highest BCUT2D eigenvalue weighted by atomic mass is 28.4. The Labute approximate surface area is 63.8 Å². The molecule has 0 saturated heterocycles. The molecular weight excluding hydrogens is 144 g/mol. The third-order valence-electron chi connectivity index (χ3n) is 1.16. The Kier molecular flexibility index (Phi) is 4.39. The van der Waals surface area contributed by atoms with Crippen molar-refractivity contribution in [3.8, 4) is 0 Å². The molecule has 0 rings (SSSR count). The van der Waals surface area contributed by atoms with Crippen molar-refractivity contribution in [3.05, 3.63) is 12.3 Å². The zero-order valence-corrected chi connectivity index (χ0v) is 7.89. The first-order valence-corrected chi connectivity index (χ1v) is 6.14. The second-order valence-electron chi connectivity index (χ2n) is 2.47. The van der Waals surface area contributed by atoms with Crippen molar-refractivity contribution in [2.24, 2.45) is 0 Å². The van der Waals surface area contributed by atoms with E-state index in [4.69, 9.17) is 4.43 Å². The first kappa shape index (κ1) is 9.72. The Hall–Kier alpha value is -0.283.